The molecule has 1 rings (SSSR count). The third kappa shape index (κ3) is 5.30. The van der Waals surface area contributed by atoms with Gasteiger partial charge in [-0.15, -0.1) is 0 Å². The Balaban J connectivity index is 2.57. The van der Waals surface area contributed by atoms with Crippen LogP contribution in [-0.2, 0) is 9.59 Å². The SMILES string of the molecule is CCNC(=O)CNC(=O)c1ccc(C=CC(=O)O)cn1. The molecule has 1 aromatic heterocycles. The molecule has 0 radical (unpaired) electrons. The zero-order valence-corrected chi connectivity index (χ0v) is 10.9. The summed E-state index contributed by atoms with van der Waals surface area (Å²) in [5, 5.41) is 13.5. The molecule has 1 aromatic rings. The summed E-state index contributed by atoms with van der Waals surface area (Å²) in [5.41, 5.74) is 0.717. The van der Waals surface area contributed by atoms with Crippen LogP contribution in [0.1, 0.15) is 23.0 Å². The number of hydrogen-bond acceptors (Lipinski definition) is 4. The third-order valence-corrected chi connectivity index (χ3v) is 2.22. The van der Waals surface area contributed by atoms with E-state index in [1.807, 2.05) is 0 Å². The molecule has 1 heterocycles. The monoisotopic (exact) mass is 277 g/mol. The van der Waals surface area contributed by atoms with E-state index in [1.165, 1.54) is 18.3 Å². The van der Waals surface area contributed by atoms with Gasteiger partial charge in [0.2, 0.25) is 5.91 Å². The fourth-order valence-electron chi connectivity index (χ4n) is 1.32. The van der Waals surface area contributed by atoms with Crippen molar-refractivity contribution in [2.75, 3.05) is 13.1 Å². The Hall–Kier alpha value is -2.70. The number of rotatable bonds is 6. The Bertz CT molecular complexity index is 523. The van der Waals surface area contributed by atoms with Crippen LogP contribution < -0.4 is 10.6 Å². The molecule has 106 valence electrons. The molecular formula is C13H15N3O4. The van der Waals surface area contributed by atoms with Gasteiger partial charge in [0, 0.05) is 18.8 Å². The maximum absolute atomic E-state index is 11.7. The smallest absolute Gasteiger partial charge is 0.328 e. The Morgan fingerprint density at radius 1 is 1.30 bits per heavy atom. The van der Waals surface area contributed by atoms with Crippen LogP contribution in [0.15, 0.2) is 24.4 Å². The van der Waals surface area contributed by atoms with E-state index in [1.54, 1.807) is 13.0 Å². The van der Waals surface area contributed by atoms with E-state index in [2.05, 4.69) is 15.6 Å². The van der Waals surface area contributed by atoms with Gasteiger partial charge in [0.25, 0.3) is 5.91 Å². The average Bonchev–Trinajstić information content (AvgIpc) is 2.43. The predicted molar refractivity (Wildman–Crippen MR) is 71.9 cm³/mol. The first kappa shape index (κ1) is 15.4. The van der Waals surface area contributed by atoms with Gasteiger partial charge in [-0.2, -0.15) is 0 Å². The molecule has 0 spiro atoms. The van der Waals surface area contributed by atoms with Gasteiger partial charge in [-0.1, -0.05) is 6.07 Å². The highest BCUT2D eigenvalue weighted by Gasteiger charge is 2.08. The van der Waals surface area contributed by atoms with Crippen molar-refractivity contribution in [2.24, 2.45) is 0 Å². The molecule has 0 fully saturated rings. The molecule has 0 aliphatic rings. The maximum atomic E-state index is 11.7. The van der Waals surface area contributed by atoms with Crippen LogP contribution in [0.5, 0.6) is 0 Å². The van der Waals surface area contributed by atoms with Crippen LogP contribution in [0, 0.1) is 0 Å². The van der Waals surface area contributed by atoms with Crippen molar-refractivity contribution >= 4 is 23.9 Å². The van der Waals surface area contributed by atoms with Crippen LogP contribution >= 0.6 is 0 Å². The minimum Gasteiger partial charge on any atom is -0.478 e. The minimum atomic E-state index is -1.06. The molecule has 7 nitrogen and oxygen atoms in total. The molecule has 2 amide bonds. The highest BCUT2D eigenvalue weighted by molar-refractivity contribution is 5.95. The molecule has 0 bridgehead atoms. The number of nitrogens with one attached hydrogen (secondary N) is 2. The van der Waals surface area contributed by atoms with Gasteiger partial charge < -0.3 is 15.7 Å². The van der Waals surface area contributed by atoms with Crippen molar-refractivity contribution in [2.45, 2.75) is 6.92 Å². The summed E-state index contributed by atoms with van der Waals surface area (Å²) >= 11 is 0. The van der Waals surface area contributed by atoms with E-state index in [-0.39, 0.29) is 18.1 Å². The van der Waals surface area contributed by atoms with Gasteiger partial charge in [0.15, 0.2) is 0 Å². The molecule has 0 saturated carbocycles. The largest absolute Gasteiger partial charge is 0.478 e. The third-order valence-electron chi connectivity index (χ3n) is 2.22. The van der Waals surface area contributed by atoms with Gasteiger partial charge in [0.05, 0.1) is 6.54 Å². The van der Waals surface area contributed by atoms with E-state index < -0.39 is 11.9 Å². The molecule has 0 aliphatic carbocycles. The van der Waals surface area contributed by atoms with Crippen LogP contribution in [0.25, 0.3) is 6.08 Å². The number of amides is 2. The Kier molecular flexibility index (Phi) is 5.89. The predicted octanol–water partition coefficient (Wildman–Crippen LogP) is 0.0453. The molecule has 0 atom stereocenters. The summed E-state index contributed by atoms with van der Waals surface area (Å²) in [6.07, 6.45) is 3.72. The lowest BCUT2D eigenvalue weighted by atomic mass is 10.2. The molecule has 0 aliphatic heterocycles. The van der Waals surface area contributed by atoms with Crippen LogP contribution in [-0.4, -0.2) is 41.0 Å². The Morgan fingerprint density at radius 3 is 2.60 bits per heavy atom. The second kappa shape index (κ2) is 7.67. The second-order valence-electron chi connectivity index (χ2n) is 3.78. The molecule has 0 saturated heterocycles. The number of carbonyl (C=O) groups excluding carboxylic acids is 2. The number of carboxylic acid groups (broad SMARTS) is 1. The summed E-state index contributed by atoms with van der Waals surface area (Å²) in [4.78, 5) is 37.1. The van der Waals surface area contributed by atoms with Gasteiger partial charge in [-0.25, -0.2) is 4.79 Å². The van der Waals surface area contributed by atoms with Crippen molar-refractivity contribution in [3.8, 4) is 0 Å². The number of hydrogen-bond donors (Lipinski definition) is 3. The van der Waals surface area contributed by atoms with Crippen molar-refractivity contribution in [1.82, 2.24) is 15.6 Å². The number of nitrogens with zero attached hydrogens (tertiary/aromatic N) is 1. The van der Waals surface area contributed by atoms with Gasteiger partial charge in [-0.05, 0) is 24.6 Å². The number of likely N-dealkylation sites (N-methyl/N-ethyl adjacent to an activating group) is 1. The minimum absolute atomic E-state index is 0.116. The number of carboxylic acids is 1. The number of carbonyl (C=O) groups is 3. The molecule has 0 aromatic carbocycles. The molecule has 0 unspecified atom stereocenters. The summed E-state index contributed by atoms with van der Waals surface area (Å²) in [6, 6.07) is 3.02. The van der Waals surface area contributed by atoms with E-state index >= 15 is 0 Å². The van der Waals surface area contributed by atoms with Gasteiger partial charge in [0.1, 0.15) is 5.69 Å². The summed E-state index contributed by atoms with van der Waals surface area (Å²) in [7, 11) is 0. The second-order valence-corrected chi connectivity index (χ2v) is 3.78. The lowest BCUT2D eigenvalue weighted by Gasteiger charge is -2.04. The van der Waals surface area contributed by atoms with Gasteiger partial charge in [-0.3, -0.25) is 14.6 Å². The molecule has 20 heavy (non-hydrogen) atoms. The topological polar surface area (TPSA) is 108 Å². The van der Waals surface area contributed by atoms with Crippen molar-refractivity contribution in [3.63, 3.8) is 0 Å². The highest BCUT2D eigenvalue weighted by atomic mass is 16.4. The van der Waals surface area contributed by atoms with Crippen LogP contribution in [0.2, 0.25) is 0 Å². The summed E-state index contributed by atoms with van der Waals surface area (Å²) in [6.45, 7) is 2.16. The summed E-state index contributed by atoms with van der Waals surface area (Å²) in [5.74, 6) is -1.80. The van der Waals surface area contributed by atoms with E-state index in [0.29, 0.717) is 12.1 Å². The molecule has 3 N–H and O–H groups in total. The van der Waals surface area contributed by atoms with Crippen molar-refractivity contribution in [1.29, 1.82) is 0 Å². The lowest BCUT2D eigenvalue weighted by molar-refractivity contribution is -0.131. The summed E-state index contributed by atoms with van der Waals surface area (Å²) < 4.78 is 0. The zero-order chi connectivity index (χ0) is 15.0. The first-order chi connectivity index (χ1) is 9.52. The fourth-order valence-corrected chi connectivity index (χ4v) is 1.32. The lowest BCUT2D eigenvalue weighted by Crippen LogP contribution is -2.37. The number of aliphatic carboxylic acids is 1. The normalized spacial score (nSPS) is 10.2. The average molecular weight is 277 g/mol. The van der Waals surface area contributed by atoms with E-state index in [4.69, 9.17) is 5.11 Å². The maximum Gasteiger partial charge on any atom is 0.328 e. The molecular weight excluding hydrogens is 262 g/mol. The Morgan fingerprint density at radius 2 is 2.05 bits per heavy atom. The first-order valence-corrected chi connectivity index (χ1v) is 5.95. The van der Waals surface area contributed by atoms with Crippen LogP contribution in [0.3, 0.4) is 0 Å². The van der Waals surface area contributed by atoms with Crippen molar-refractivity contribution in [3.05, 3.63) is 35.7 Å². The quantitative estimate of drug-likeness (QED) is 0.636. The standard InChI is InChI=1S/C13H15N3O4/c1-2-14-11(17)8-16-13(20)10-5-3-9(7-15-10)4-6-12(18)19/h3-7H,2,8H2,1H3,(H,14,17)(H,16,20)(H,18,19). The first-order valence-electron chi connectivity index (χ1n) is 5.95. The number of aromatic nitrogens is 1. The Labute approximate surface area is 115 Å². The number of pyridine rings is 1. The van der Waals surface area contributed by atoms with Crippen molar-refractivity contribution < 1.29 is 19.5 Å². The molecule has 7 heteroatoms. The zero-order valence-electron chi connectivity index (χ0n) is 10.9. The van der Waals surface area contributed by atoms with Crippen LogP contribution in [0.4, 0.5) is 0 Å². The van der Waals surface area contributed by atoms with E-state index in [9.17, 15) is 14.4 Å². The van der Waals surface area contributed by atoms with Gasteiger partial charge >= 0.3 is 5.97 Å². The highest BCUT2D eigenvalue weighted by Crippen LogP contribution is 2.02. The van der Waals surface area contributed by atoms with E-state index in [0.717, 1.165) is 6.08 Å². The fraction of sp³-hybridized carbons (Fsp3) is 0.231.